The molecule has 0 saturated heterocycles. The van der Waals surface area contributed by atoms with Crippen molar-refractivity contribution in [3.8, 4) is 0 Å². The molecule has 2 aromatic heterocycles. The number of amides is 1. The van der Waals surface area contributed by atoms with Gasteiger partial charge in [-0.15, -0.1) is 24.8 Å². The fourth-order valence-corrected chi connectivity index (χ4v) is 2.78. The van der Waals surface area contributed by atoms with E-state index >= 15 is 0 Å². The first-order valence-corrected chi connectivity index (χ1v) is 7.88. The van der Waals surface area contributed by atoms with E-state index in [0.29, 0.717) is 30.4 Å². The smallest absolute Gasteiger partial charge is 0.273 e. The first-order chi connectivity index (χ1) is 10.8. The van der Waals surface area contributed by atoms with Crippen LogP contribution in [0.25, 0.3) is 11.0 Å². The third-order valence-electron chi connectivity index (χ3n) is 4.10. The number of aromatic nitrogens is 3. The van der Waals surface area contributed by atoms with Crippen LogP contribution in [0, 0.1) is 13.8 Å². The molecule has 0 bridgehead atoms. The van der Waals surface area contributed by atoms with Gasteiger partial charge in [0.05, 0.1) is 5.39 Å². The lowest BCUT2D eigenvalue weighted by Crippen LogP contribution is -2.29. The molecular formula is C16H27Cl2N5O2. The van der Waals surface area contributed by atoms with Crippen molar-refractivity contribution in [2.24, 2.45) is 12.8 Å². The average molecular weight is 392 g/mol. The monoisotopic (exact) mass is 391 g/mol. The van der Waals surface area contributed by atoms with Crippen LogP contribution in [0.5, 0.6) is 0 Å². The number of carbonyl (C=O) groups is 1. The van der Waals surface area contributed by atoms with Gasteiger partial charge in [-0.3, -0.25) is 19.4 Å². The first kappa shape index (κ1) is 23.4. The third-order valence-corrected chi connectivity index (χ3v) is 4.10. The summed E-state index contributed by atoms with van der Waals surface area (Å²) in [7, 11) is 1.77. The van der Waals surface area contributed by atoms with Gasteiger partial charge in [0.25, 0.3) is 5.56 Å². The maximum atomic E-state index is 12.0. The summed E-state index contributed by atoms with van der Waals surface area (Å²) < 4.78 is 1.63. The summed E-state index contributed by atoms with van der Waals surface area (Å²) in [5.74, 6) is -0.00785. The molecule has 0 aliphatic carbocycles. The highest BCUT2D eigenvalue weighted by molar-refractivity contribution is 5.85. The van der Waals surface area contributed by atoms with Crippen LogP contribution in [0.4, 0.5) is 0 Å². The van der Waals surface area contributed by atoms with Gasteiger partial charge in [0, 0.05) is 31.7 Å². The van der Waals surface area contributed by atoms with Crippen LogP contribution in [0.2, 0.25) is 0 Å². The maximum absolute atomic E-state index is 12.0. The van der Waals surface area contributed by atoms with Gasteiger partial charge in [-0.2, -0.15) is 0 Å². The lowest BCUT2D eigenvalue weighted by Gasteiger charge is -2.11. The van der Waals surface area contributed by atoms with Gasteiger partial charge in [0.15, 0.2) is 5.65 Å². The Morgan fingerprint density at radius 3 is 2.60 bits per heavy atom. The van der Waals surface area contributed by atoms with Crippen molar-refractivity contribution in [2.45, 2.75) is 46.1 Å². The molecule has 0 saturated carbocycles. The van der Waals surface area contributed by atoms with Gasteiger partial charge in [-0.25, -0.2) is 4.98 Å². The highest BCUT2D eigenvalue weighted by Crippen LogP contribution is 2.20. The van der Waals surface area contributed by atoms with E-state index in [1.807, 2.05) is 20.8 Å². The zero-order chi connectivity index (χ0) is 17.1. The molecule has 0 aliphatic heterocycles. The molecule has 25 heavy (non-hydrogen) atoms. The van der Waals surface area contributed by atoms with E-state index < -0.39 is 0 Å². The molecule has 2 aromatic rings. The third kappa shape index (κ3) is 5.45. The second-order valence-electron chi connectivity index (χ2n) is 6.12. The van der Waals surface area contributed by atoms with Crippen LogP contribution >= 0.6 is 24.8 Å². The first-order valence-electron chi connectivity index (χ1n) is 7.88. The highest BCUT2D eigenvalue weighted by Gasteiger charge is 2.15. The Labute approximate surface area is 159 Å². The number of nitrogens with one attached hydrogen (secondary N) is 2. The summed E-state index contributed by atoms with van der Waals surface area (Å²) in [4.78, 5) is 28.4. The molecule has 9 heteroatoms. The minimum Gasteiger partial charge on any atom is -0.356 e. The van der Waals surface area contributed by atoms with Gasteiger partial charge in [-0.1, -0.05) is 0 Å². The molecule has 0 aliphatic rings. The summed E-state index contributed by atoms with van der Waals surface area (Å²) in [6.45, 7) is 6.32. The SMILES string of the molecule is Cc1nc2c(c(C)c1CCC(=O)NCCC(C)N)c(=O)[nH]n2C.Cl.Cl. The minimum atomic E-state index is -0.143. The topological polar surface area (TPSA) is 106 Å². The molecule has 7 nitrogen and oxygen atoms in total. The number of hydrogen-bond acceptors (Lipinski definition) is 4. The Hall–Kier alpha value is -1.57. The number of pyridine rings is 1. The van der Waals surface area contributed by atoms with Crippen molar-refractivity contribution >= 4 is 41.8 Å². The molecule has 1 atom stereocenters. The summed E-state index contributed by atoms with van der Waals surface area (Å²) in [6.07, 6.45) is 1.70. The van der Waals surface area contributed by atoms with Crippen LogP contribution in [0.3, 0.4) is 0 Å². The number of aromatic amines is 1. The van der Waals surface area contributed by atoms with Crippen molar-refractivity contribution in [1.82, 2.24) is 20.1 Å². The van der Waals surface area contributed by atoms with E-state index in [2.05, 4.69) is 15.4 Å². The number of H-pyrrole nitrogens is 1. The van der Waals surface area contributed by atoms with Crippen LogP contribution in [-0.2, 0) is 18.3 Å². The van der Waals surface area contributed by atoms with Crippen molar-refractivity contribution in [3.05, 3.63) is 27.2 Å². The molecule has 1 amide bonds. The standard InChI is InChI=1S/C16H25N5O2.2ClH/c1-9(17)7-8-18-13(22)6-5-12-10(2)14-15(19-11(12)3)21(4)20-16(14)23;;/h9H,5-8,17H2,1-4H3,(H,18,22)(H,20,23);2*1H. The normalized spacial score (nSPS) is 11.6. The van der Waals surface area contributed by atoms with Crippen molar-refractivity contribution in [1.29, 1.82) is 0 Å². The maximum Gasteiger partial charge on any atom is 0.273 e. The van der Waals surface area contributed by atoms with Crippen LogP contribution < -0.4 is 16.6 Å². The molecule has 0 spiro atoms. The lowest BCUT2D eigenvalue weighted by atomic mass is 10.0. The van der Waals surface area contributed by atoms with Crippen LogP contribution in [0.1, 0.15) is 36.6 Å². The number of rotatable bonds is 6. The van der Waals surface area contributed by atoms with Crippen molar-refractivity contribution in [2.75, 3.05) is 6.54 Å². The Morgan fingerprint density at radius 1 is 1.36 bits per heavy atom. The Kier molecular flexibility index (Phi) is 9.18. The number of nitrogens with zero attached hydrogens (tertiary/aromatic N) is 2. The van der Waals surface area contributed by atoms with Crippen molar-refractivity contribution in [3.63, 3.8) is 0 Å². The number of aryl methyl sites for hydroxylation is 3. The Morgan fingerprint density at radius 2 is 2.00 bits per heavy atom. The summed E-state index contributed by atoms with van der Waals surface area (Å²) in [6, 6.07) is 0.0798. The quantitative estimate of drug-likeness (QED) is 0.693. The van der Waals surface area contributed by atoms with Gasteiger partial charge in [0.2, 0.25) is 5.91 Å². The van der Waals surface area contributed by atoms with Gasteiger partial charge < -0.3 is 11.1 Å². The zero-order valence-electron chi connectivity index (χ0n) is 15.0. The summed E-state index contributed by atoms with van der Waals surface area (Å²) in [5.41, 5.74) is 8.89. The number of hydrogen-bond donors (Lipinski definition) is 3. The van der Waals surface area contributed by atoms with E-state index in [1.165, 1.54) is 0 Å². The summed E-state index contributed by atoms with van der Waals surface area (Å²) >= 11 is 0. The number of fused-ring (bicyclic) bond motifs is 1. The fraction of sp³-hybridized carbons (Fsp3) is 0.562. The minimum absolute atomic E-state index is 0. The lowest BCUT2D eigenvalue weighted by molar-refractivity contribution is -0.121. The zero-order valence-corrected chi connectivity index (χ0v) is 16.6. The number of carbonyl (C=O) groups excluding carboxylic acids is 1. The molecule has 1 unspecified atom stereocenters. The van der Waals surface area contributed by atoms with E-state index in [4.69, 9.17) is 5.73 Å². The Bertz CT molecular complexity index is 783. The van der Waals surface area contributed by atoms with Crippen molar-refractivity contribution < 1.29 is 4.79 Å². The molecule has 2 heterocycles. The van der Waals surface area contributed by atoms with E-state index in [-0.39, 0.29) is 42.3 Å². The van der Waals surface area contributed by atoms with E-state index in [1.54, 1.807) is 11.7 Å². The predicted molar refractivity (Wildman–Crippen MR) is 105 cm³/mol. The predicted octanol–water partition coefficient (Wildman–Crippen LogP) is 1.51. The average Bonchev–Trinajstić information content (AvgIpc) is 2.72. The molecular weight excluding hydrogens is 365 g/mol. The molecule has 4 N–H and O–H groups in total. The number of halogens is 2. The highest BCUT2D eigenvalue weighted by atomic mass is 35.5. The second-order valence-corrected chi connectivity index (χ2v) is 6.12. The fourth-order valence-electron chi connectivity index (χ4n) is 2.78. The largest absolute Gasteiger partial charge is 0.356 e. The molecule has 0 radical (unpaired) electrons. The molecule has 0 fully saturated rings. The van der Waals surface area contributed by atoms with Crippen LogP contribution in [0.15, 0.2) is 4.79 Å². The molecule has 0 aromatic carbocycles. The molecule has 2 rings (SSSR count). The second kappa shape index (κ2) is 9.79. The van der Waals surface area contributed by atoms with E-state index in [9.17, 15) is 9.59 Å². The van der Waals surface area contributed by atoms with Gasteiger partial charge >= 0.3 is 0 Å². The summed E-state index contributed by atoms with van der Waals surface area (Å²) in [5, 5.41) is 6.19. The van der Waals surface area contributed by atoms with Gasteiger partial charge in [-0.05, 0) is 44.7 Å². The molecule has 142 valence electrons. The van der Waals surface area contributed by atoms with Gasteiger partial charge in [0.1, 0.15) is 0 Å². The number of nitrogens with two attached hydrogens (primary N) is 1. The Balaban J connectivity index is 0.00000288. The van der Waals surface area contributed by atoms with E-state index in [0.717, 1.165) is 23.2 Å². The van der Waals surface area contributed by atoms with Crippen LogP contribution in [-0.4, -0.2) is 33.3 Å².